The number of ether oxygens (including phenoxy) is 2. The summed E-state index contributed by atoms with van der Waals surface area (Å²) >= 11 is 13.1. The van der Waals surface area contributed by atoms with Crippen LogP contribution in [0.5, 0.6) is 11.5 Å². The molecule has 0 bridgehead atoms. The summed E-state index contributed by atoms with van der Waals surface area (Å²) in [6, 6.07) is 14.8. The van der Waals surface area contributed by atoms with Crippen molar-refractivity contribution < 1.29 is 32.6 Å². The van der Waals surface area contributed by atoms with Crippen molar-refractivity contribution in [2.45, 2.75) is 128 Å². The molecule has 10 nitrogen and oxygen atoms in total. The van der Waals surface area contributed by atoms with Crippen molar-refractivity contribution in [1.29, 1.82) is 0 Å². The molecule has 0 saturated carbocycles. The van der Waals surface area contributed by atoms with Crippen LogP contribution >= 0.6 is 23.2 Å². The van der Waals surface area contributed by atoms with Gasteiger partial charge in [-0.2, -0.15) is 0 Å². The number of amides is 1. The highest BCUT2D eigenvalue weighted by Gasteiger charge is 2.42. The van der Waals surface area contributed by atoms with Gasteiger partial charge in [0.2, 0.25) is 6.10 Å². The molecule has 0 radical (unpaired) electrons. The summed E-state index contributed by atoms with van der Waals surface area (Å²) in [6.45, 7) is 3.90. The lowest BCUT2D eigenvalue weighted by molar-refractivity contribution is -0.120. The number of para-hydroxylation sites is 3. The Labute approximate surface area is 435 Å². The van der Waals surface area contributed by atoms with Gasteiger partial charge in [-0.15, -0.1) is 0 Å². The number of halogens is 2. The average molecular weight is 1020 g/mol. The fraction of sp³-hybridized carbons (Fsp3) is 0.339. The maximum atomic E-state index is 14.6. The van der Waals surface area contributed by atoms with Gasteiger partial charge in [-0.3, -0.25) is 4.79 Å². The van der Waals surface area contributed by atoms with Crippen LogP contribution in [0, 0.1) is 107 Å². The molecule has 0 spiro atoms. The van der Waals surface area contributed by atoms with Crippen molar-refractivity contribution in [2.75, 3.05) is 11.9 Å². The van der Waals surface area contributed by atoms with Crippen molar-refractivity contribution in [3.63, 3.8) is 0 Å². The molecule has 0 saturated heterocycles. The van der Waals surface area contributed by atoms with Crippen LogP contribution in [0.1, 0.15) is 127 Å². The van der Waals surface area contributed by atoms with Gasteiger partial charge in [0, 0.05) is 53.9 Å². The molecule has 2 N–H and O–H groups in total. The molecule has 4 rings (SSSR count). The standard InChI is InChI=1S/C59H53Cl2N3O7S/c1-3-5-7-9-11-13-15-17-19-21-23-25-27-29-31-33-39-45-70-53-42-36-34-40-51(53)63-58(65)56(71-55-49(60)46-48(59(66)67)47-50(55)61)57-62-52-41-35-37-43-54(52)72(68,69)64(57)44-38-32-30-28-26-24-22-20-18-16-14-12-10-8-6-4-2/h34-37,40-43,46-47,56H,4,6,8,10,12,14,16,18,20,22,24,26,28,30,32,38,44H2,1-2H3,(H,63,65)(H,66,67). The summed E-state index contributed by atoms with van der Waals surface area (Å²) in [5, 5.41) is 11.9. The summed E-state index contributed by atoms with van der Waals surface area (Å²) in [7, 11) is -4.27. The SMILES string of the molecule is CC#CC#CC#CC#CC#CC#CC#CC#CC#COc1ccccc1NC(=O)C(Oc1c(Cl)cc(C(=O)O)cc1Cl)C1=Nc2ccccc2S(=O)(=O)N1CCCCCCCCCCCCCCCCCC. The van der Waals surface area contributed by atoms with Gasteiger partial charge < -0.3 is 19.9 Å². The third-order valence-electron chi connectivity index (χ3n) is 10.5. The molecule has 13 heteroatoms. The third kappa shape index (κ3) is 19.9. The first-order valence-electron chi connectivity index (χ1n) is 23.7. The number of amidine groups is 1. The van der Waals surface area contributed by atoms with Crippen LogP contribution in [0.4, 0.5) is 11.4 Å². The van der Waals surface area contributed by atoms with Gasteiger partial charge in [0.25, 0.3) is 15.9 Å². The maximum Gasteiger partial charge on any atom is 0.335 e. The van der Waals surface area contributed by atoms with E-state index in [-0.39, 0.29) is 55.8 Å². The lowest BCUT2D eigenvalue weighted by Gasteiger charge is -2.33. The van der Waals surface area contributed by atoms with Gasteiger partial charge in [0.05, 0.1) is 27.0 Å². The molecule has 1 unspecified atom stereocenters. The van der Waals surface area contributed by atoms with Gasteiger partial charge in [0.1, 0.15) is 11.0 Å². The molecule has 3 aromatic rings. The van der Waals surface area contributed by atoms with Crippen LogP contribution in [0.2, 0.25) is 10.0 Å². The number of hydrogen-bond acceptors (Lipinski definition) is 7. The number of benzene rings is 3. The summed E-state index contributed by atoms with van der Waals surface area (Å²) in [4.78, 5) is 31.1. The summed E-state index contributed by atoms with van der Waals surface area (Å²) in [5.74, 6) is 40.4. The van der Waals surface area contributed by atoms with Crippen molar-refractivity contribution in [2.24, 2.45) is 4.99 Å². The second-order valence-corrected chi connectivity index (χ2v) is 18.5. The Hall–Kier alpha value is -7.76. The van der Waals surface area contributed by atoms with E-state index in [1.165, 1.54) is 82.4 Å². The maximum absolute atomic E-state index is 14.6. The van der Waals surface area contributed by atoms with E-state index in [4.69, 9.17) is 37.7 Å². The minimum atomic E-state index is -4.27. The molecule has 1 amide bonds. The first kappa shape index (κ1) is 56.8. The Kier molecular flexibility index (Phi) is 26.0. The highest BCUT2D eigenvalue weighted by Crippen LogP contribution is 2.38. The fourth-order valence-corrected chi connectivity index (χ4v) is 9.21. The van der Waals surface area contributed by atoms with Crippen molar-refractivity contribution in [1.82, 2.24) is 4.31 Å². The van der Waals surface area contributed by atoms with E-state index in [9.17, 15) is 23.1 Å². The van der Waals surface area contributed by atoms with E-state index in [0.29, 0.717) is 6.42 Å². The molecule has 366 valence electrons. The quantitative estimate of drug-likeness (QED) is 0.0674. The molecule has 1 heterocycles. The minimum Gasteiger partial charge on any atom is -0.478 e. The molecule has 0 aliphatic carbocycles. The van der Waals surface area contributed by atoms with Crippen molar-refractivity contribution in [3.05, 3.63) is 76.3 Å². The number of hydrogen-bond donors (Lipinski definition) is 2. The van der Waals surface area contributed by atoms with E-state index in [0.717, 1.165) is 48.5 Å². The zero-order chi connectivity index (χ0) is 51.7. The summed E-state index contributed by atoms with van der Waals surface area (Å²) in [5.41, 5.74) is -0.0124. The second kappa shape index (κ2) is 32.9. The molecule has 1 aliphatic rings. The molecule has 1 aliphatic heterocycles. The van der Waals surface area contributed by atoms with Crippen LogP contribution in [-0.4, -0.2) is 48.2 Å². The van der Waals surface area contributed by atoms with Gasteiger partial charge in [0.15, 0.2) is 17.3 Å². The molecule has 0 fully saturated rings. The summed E-state index contributed by atoms with van der Waals surface area (Å²) < 4.78 is 41.9. The predicted octanol–water partition coefficient (Wildman–Crippen LogP) is 11.5. The van der Waals surface area contributed by atoms with E-state index >= 15 is 0 Å². The number of anilines is 1. The number of nitrogens with one attached hydrogen (secondary N) is 1. The second-order valence-electron chi connectivity index (χ2n) is 15.8. The number of aliphatic imine (C=N–C) groups is 1. The van der Waals surface area contributed by atoms with E-state index < -0.39 is 28.0 Å². The van der Waals surface area contributed by atoms with Gasteiger partial charge in [-0.05, 0) is 97.1 Å². The number of sulfonamides is 1. The number of carboxylic acid groups (broad SMARTS) is 1. The first-order valence-corrected chi connectivity index (χ1v) is 25.9. The van der Waals surface area contributed by atoms with Crippen molar-refractivity contribution in [3.8, 4) is 118 Å². The number of carboxylic acids is 1. The van der Waals surface area contributed by atoms with E-state index in [1.54, 1.807) is 37.3 Å². The van der Waals surface area contributed by atoms with E-state index in [1.807, 2.05) is 0 Å². The average Bonchev–Trinajstić information content (AvgIpc) is 3.36. The van der Waals surface area contributed by atoms with Crippen LogP contribution in [0.25, 0.3) is 0 Å². The highest BCUT2D eigenvalue weighted by atomic mass is 35.5. The predicted molar refractivity (Wildman–Crippen MR) is 286 cm³/mol. The molecule has 3 aromatic carbocycles. The number of carbonyl (C=O) groups excluding carboxylic acids is 1. The zero-order valence-corrected chi connectivity index (χ0v) is 42.7. The molecular formula is C59H53Cl2N3O7S. The van der Waals surface area contributed by atoms with Crippen molar-refractivity contribution >= 4 is 62.3 Å². The molecule has 0 aromatic heterocycles. The Morgan fingerprint density at radius 1 is 0.653 bits per heavy atom. The van der Waals surface area contributed by atoms with Crippen LogP contribution < -0.4 is 14.8 Å². The number of carbonyl (C=O) groups is 2. The Morgan fingerprint density at radius 2 is 1.11 bits per heavy atom. The van der Waals surface area contributed by atoms with Gasteiger partial charge in [-0.1, -0.05) is 157 Å². The molecule has 72 heavy (non-hydrogen) atoms. The number of rotatable bonds is 24. The van der Waals surface area contributed by atoms with Crippen LogP contribution in [0.15, 0.2) is 70.6 Å². The van der Waals surface area contributed by atoms with E-state index in [2.05, 4.69) is 119 Å². The zero-order valence-electron chi connectivity index (χ0n) is 40.3. The minimum absolute atomic E-state index is 0.0137. The monoisotopic (exact) mass is 1020 g/mol. The van der Waals surface area contributed by atoms with Crippen LogP contribution in [0.3, 0.4) is 0 Å². The van der Waals surface area contributed by atoms with Gasteiger partial charge in [-0.25, -0.2) is 22.5 Å². The topological polar surface area (TPSA) is 135 Å². The Balaban J connectivity index is 1.49. The molecule has 1 atom stereocenters. The highest BCUT2D eigenvalue weighted by molar-refractivity contribution is 7.90. The first-order chi connectivity index (χ1) is 35.1. The van der Waals surface area contributed by atoms with Gasteiger partial charge >= 0.3 is 5.97 Å². The third-order valence-corrected chi connectivity index (χ3v) is 12.9. The smallest absolute Gasteiger partial charge is 0.335 e. The number of nitrogens with zero attached hydrogens (tertiary/aromatic N) is 2. The number of fused-ring (bicyclic) bond motifs is 1. The lowest BCUT2D eigenvalue weighted by Crippen LogP contribution is -2.52. The Bertz CT molecular complexity index is 3130. The summed E-state index contributed by atoms with van der Waals surface area (Å²) in [6.07, 6.45) is 19.0. The number of unbranched alkanes of at least 4 members (excludes halogenated alkanes) is 15. The lowest BCUT2D eigenvalue weighted by atomic mass is 10.0. The van der Waals surface area contributed by atoms with Crippen LogP contribution in [-0.2, 0) is 14.8 Å². The number of aromatic carboxylic acids is 1. The Morgan fingerprint density at radius 3 is 1.62 bits per heavy atom. The largest absolute Gasteiger partial charge is 0.478 e. The normalized spacial score (nSPS) is 11.4. The molecular weight excluding hydrogens is 966 g/mol. The fourth-order valence-electron chi connectivity index (χ4n) is 7.02.